The molecule has 15 heteroatoms. The molecule has 3 aromatic rings. The van der Waals surface area contributed by atoms with Gasteiger partial charge in [-0.05, 0) is 63.5 Å². The Labute approximate surface area is 305 Å². The maximum atomic E-state index is 9.91. The normalized spacial score (nSPS) is 18.1. The van der Waals surface area contributed by atoms with E-state index in [9.17, 15) is 5.26 Å². The van der Waals surface area contributed by atoms with E-state index in [1.165, 1.54) is 0 Å². The molecule has 3 aliphatic rings. The van der Waals surface area contributed by atoms with E-state index >= 15 is 0 Å². The average molecular weight is 716 g/mol. The van der Waals surface area contributed by atoms with Gasteiger partial charge in [0.2, 0.25) is 17.5 Å². The Morgan fingerprint density at radius 2 is 1.96 bits per heavy atom. The highest BCUT2D eigenvalue weighted by molar-refractivity contribution is 5.69. The maximum absolute atomic E-state index is 9.91. The number of hydrogen-bond donors (Lipinski definition) is 1. The van der Waals surface area contributed by atoms with E-state index in [-0.39, 0.29) is 13.1 Å². The van der Waals surface area contributed by atoms with Crippen molar-refractivity contribution >= 4 is 29.0 Å². The van der Waals surface area contributed by atoms with Gasteiger partial charge in [0.05, 0.1) is 49.7 Å². The zero-order valence-corrected chi connectivity index (χ0v) is 30.5. The molecular formula is C37H49N9O6. The van der Waals surface area contributed by atoms with Crippen molar-refractivity contribution < 1.29 is 28.5 Å². The number of nitrogens with one attached hydrogen (secondary N) is 1. The number of fused-ring (bicyclic) bond motifs is 1. The molecule has 52 heavy (non-hydrogen) atoms. The first-order valence-electron chi connectivity index (χ1n) is 17.7. The maximum Gasteiger partial charge on any atom is 0.229 e. The number of pyridine rings is 1. The Balaban J connectivity index is 1.24. The summed E-state index contributed by atoms with van der Waals surface area (Å²) in [6, 6.07) is 12.0. The highest BCUT2D eigenvalue weighted by Crippen LogP contribution is 2.41. The molecule has 278 valence electrons. The van der Waals surface area contributed by atoms with E-state index in [4.69, 9.17) is 38.5 Å². The van der Waals surface area contributed by atoms with E-state index in [2.05, 4.69) is 51.9 Å². The minimum Gasteiger partial charge on any atom is -0.467 e. The Kier molecular flexibility index (Phi) is 12.4. The van der Waals surface area contributed by atoms with Crippen molar-refractivity contribution in [2.24, 2.45) is 0 Å². The Bertz CT molecular complexity index is 1710. The molecule has 0 radical (unpaired) electrons. The molecule has 0 saturated carbocycles. The number of methoxy groups -OCH3 is 1. The molecule has 1 N–H and O–H groups in total. The number of hydrazine groups is 1. The number of rotatable bonds is 16. The van der Waals surface area contributed by atoms with Crippen LogP contribution in [0.4, 0.5) is 29.0 Å². The largest absolute Gasteiger partial charge is 0.467 e. The van der Waals surface area contributed by atoms with E-state index in [0.29, 0.717) is 61.1 Å². The van der Waals surface area contributed by atoms with Crippen LogP contribution >= 0.6 is 0 Å². The summed E-state index contributed by atoms with van der Waals surface area (Å²) in [4.78, 5) is 25.2. The number of hydrogen-bond acceptors (Lipinski definition) is 15. The van der Waals surface area contributed by atoms with Gasteiger partial charge in [-0.25, -0.2) is 15.0 Å². The van der Waals surface area contributed by atoms with Crippen LogP contribution in [0.3, 0.4) is 0 Å². The third kappa shape index (κ3) is 9.08. The summed E-state index contributed by atoms with van der Waals surface area (Å²) < 4.78 is 28.7. The molecule has 1 aromatic carbocycles. The second-order valence-electron chi connectivity index (χ2n) is 13.4. The van der Waals surface area contributed by atoms with Crippen LogP contribution in [0, 0.1) is 11.3 Å². The first-order chi connectivity index (χ1) is 25.3. The average Bonchev–Trinajstić information content (AvgIpc) is 3.52. The molecule has 3 aliphatic heterocycles. The standard InChI is InChI=1S/C37H49N9O6/c1-6-12-45-46(33-22-29(51-26-47-5)21-32(41-33)37(2,3)25-38)35-31(52-45)23-39-36(42-35)40-28-10-11-30(44-15-13-43(4)14-16-44)27(20-28)24-48-18-19-50-34-9-7-8-17-49-34/h6,10-11,20-23,34H,1,7-9,12-19,24,26H2,2-5H3,(H,39,40,42). The number of ether oxygens (including phenoxy) is 5. The van der Waals surface area contributed by atoms with Crippen molar-refractivity contribution in [2.45, 2.75) is 51.4 Å². The molecule has 2 saturated heterocycles. The molecule has 6 rings (SSSR count). The van der Waals surface area contributed by atoms with Crippen LogP contribution < -0.4 is 24.8 Å². The molecule has 15 nitrogen and oxygen atoms in total. The summed E-state index contributed by atoms with van der Waals surface area (Å²) in [5.41, 5.74) is 2.62. The Morgan fingerprint density at radius 1 is 1.12 bits per heavy atom. The minimum absolute atomic E-state index is 0.0272. The number of benzene rings is 1. The third-order valence-corrected chi connectivity index (χ3v) is 9.02. The van der Waals surface area contributed by atoms with Crippen molar-refractivity contribution in [3.05, 3.63) is 60.4 Å². The number of nitriles is 1. The van der Waals surface area contributed by atoms with Crippen LogP contribution in [-0.4, -0.2) is 105 Å². The zero-order valence-electron chi connectivity index (χ0n) is 30.5. The topological polar surface area (TPSA) is 143 Å². The van der Waals surface area contributed by atoms with Crippen LogP contribution in [0.15, 0.2) is 49.2 Å². The molecular weight excluding hydrogens is 666 g/mol. The predicted octanol–water partition coefficient (Wildman–Crippen LogP) is 5.06. The van der Waals surface area contributed by atoms with Gasteiger partial charge in [-0.2, -0.15) is 10.2 Å². The second-order valence-corrected chi connectivity index (χ2v) is 13.4. The number of aromatic nitrogens is 3. The van der Waals surface area contributed by atoms with Crippen molar-refractivity contribution in [1.82, 2.24) is 25.0 Å². The molecule has 1 atom stereocenters. The van der Waals surface area contributed by atoms with Gasteiger partial charge in [-0.1, -0.05) is 6.08 Å². The minimum atomic E-state index is -0.902. The highest BCUT2D eigenvalue weighted by atomic mass is 16.7. The molecule has 2 fully saturated rings. The van der Waals surface area contributed by atoms with Gasteiger partial charge >= 0.3 is 0 Å². The lowest BCUT2D eigenvalue weighted by Gasteiger charge is -2.35. The number of piperazine rings is 1. The van der Waals surface area contributed by atoms with Gasteiger partial charge in [0.1, 0.15) is 5.75 Å². The van der Waals surface area contributed by atoms with Crippen molar-refractivity contribution in [1.29, 1.82) is 5.26 Å². The number of hydroxylamine groups is 1. The quantitative estimate of drug-likeness (QED) is 0.120. The van der Waals surface area contributed by atoms with Crippen LogP contribution in [0.25, 0.3) is 0 Å². The second kappa shape index (κ2) is 17.3. The number of anilines is 5. The molecule has 1 unspecified atom stereocenters. The molecule has 0 spiro atoms. The monoisotopic (exact) mass is 715 g/mol. The lowest BCUT2D eigenvalue weighted by Crippen LogP contribution is -2.44. The van der Waals surface area contributed by atoms with Gasteiger partial charge in [0.25, 0.3) is 0 Å². The SMILES string of the molecule is C=CCN1Oc2cnc(Nc3ccc(N4CCN(C)CC4)c(COCCOC4CCCCO4)c3)nc2N1c1cc(OCOC)cc(C(C)(C)C#N)n1. The first-order valence-corrected chi connectivity index (χ1v) is 17.7. The Hall–Kier alpha value is -4.56. The first kappa shape index (κ1) is 37.2. The van der Waals surface area contributed by atoms with Gasteiger partial charge in [0.15, 0.2) is 18.9 Å². The van der Waals surface area contributed by atoms with E-state index in [1.54, 1.807) is 55.5 Å². The van der Waals surface area contributed by atoms with Crippen molar-refractivity contribution in [3.8, 4) is 17.6 Å². The Morgan fingerprint density at radius 3 is 2.71 bits per heavy atom. The summed E-state index contributed by atoms with van der Waals surface area (Å²) in [6.45, 7) is 13.8. The van der Waals surface area contributed by atoms with Crippen LogP contribution in [0.1, 0.15) is 44.4 Å². The van der Waals surface area contributed by atoms with Crippen molar-refractivity contribution in [2.75, 3.05) is 88.7 Å². The predicted molar refractivity (Wildman–Crippen MR) is 196 cm³/mol. The van der Waals surface area contributed by atoms with Crippen molar-refractivity contribution in [3.63, 3.8) is 0 Å². The fourth-order valence-electron chi connectivity index (χ4n) is 6.07. The van der Waals surface area contributed by atoms with Crippen LogP contribution in [0.2, 0.25) is 0 Å². The third-order valence-electron chi connectivity index (χ3n) is 9.02. The van der Waals surface area contributed by atoms with Crippen LogP contribution in [-0.2, 0) is 31.0 Å². The number of likely N-dealkylation sites (N-methyl/N-ethyl adjacent to an activating group) is 1. The van der Waals surface area contributed by atoms with Gasteiger partial charge in [0, 0.05) is 69.0 Å². The van der Waals surface area contributed by atoms with E-state index in [1.807, 2.05) is 6.07 Å². The lowest BCUT2D eigenvalue weighted by molar-refractivity contribution is -0.169. The van der Waals surface area contributed by atoms with Gasteiger partial charge in [-0.3, -0.25) is 0 Å². The molecule has 0 amide bonds. The zero-order chi connectivity index (χ0) is 36.5. The summed E-state index contributed by atoms with van der Waals surface area (Å²) >= 11 is 0. The molecule has 0 aliphatic carbocycles. The lowest BCUT2D eigenvalue weighted by atomic mass is 9.91. The molecule has 5 heterocycles. The van der Waals surface area contributed by atoms with Crippen LogP contribution in [0.5, 0.6) is 11.5 Å². The summed E-state index contributed by atoms with van der Waals surface area (Å²) in [5, 5.41) is 16.6. The molecule has 2 aromatic heterocycles. The summed E-state index contributed by atoms with van der Waals surface area (Å²) in [7, 11) is 3.70. The van der Waals surface area contributed by atoms with Gasteiger partial charge in [-0.15, -0.1) is 6.58 Å². The van der Waals surface area contributed by atoms with E-state index < -0.39 is 5.41 Å². The fraction of sp³-hybridized carbons (Fsp3) is 0.514. The smallest absolute Gasteiger partial charge is 0.229 e. The van der Waals surface area contributed by atoms with E-state index in [0.717, 1.165) is 69.0 Å². The molecule has 0 bridgehead atoms. The summed E-state index contributed by atoms with van der Waals surface area (Å²) in [6.07, 6.45) is 6.32. The fourth-order valence-corrected chi connectivity index (χ4v) is 6.07. The summed E-state index contributed by atoms with van der Waals surface area (Å²) in [5.74, 6) is 2.16. The number of nitrogens with zero attached hydrogens (tertiary/aromatic N) is 8. The van der Waals surface area contributed by atoms with Gasteiger partial charge < -0.3 is 43.6 Å². The highest BCUT2D eigenvalue weighted by Gasteiger charge is 2.35.